The maximum Gasteiger partial charge on any atom is 0.276 e. The van der Waals surface area contributed by atoms with E-state index >= 15 is 0 Å². The van der Waals surface area contributed by atoms with Gasteiger partial charge in [-0.15, -0.1) is 5.10 Å². The highest BCUT2D eigenvalue weighted by Crippen LogP contribution is 2.39. The topological polar surface area (TPSA) is 75.2 Å². The fourth-order valence-corrected chi connectivity index (χ4v) is 4.42. The lowest BCUT2D eigenvalue weighted by molar-refractivity contribution is -0.127. The van der Waals surface area contributed by atoms with Crippen molar-refractivity contribution in [1.82, 2.24) is 19.8 Å². The summed E-state index contributed by atoms with van der Waals surface area (Å²) in [7, 11) is 0. The van der Waals surface area contributed by atoms with Crippen molar-refractivity contribution in [1.29, 1.82) is 0 Å². The molecule has 0 saturated carbocycles. The maximum absolute atomic E-state index is 13.5. The van der Waals surface area contributed by atoms with Gasteiger partial charge >= 0.3 is 0 Å². The molecule has 4 rings (SSSR count). The van der Waals surface area contributed by atoms with Gasteiger partial charge in [0.25, 0.3) is 5.91 Å². The number of aromatic nitrogens is 2. The minimum Gasteiger partial charge on any atom is -0.349 e. The van der Waals surface area contributed by atoms with E-state index in [1.54, 1.807) is 4.90 Å². The van der Waals surface area contributed by atoms with Gasteiger partial charge in [0.05, 0.1) is 4.88 Å². The fourth-order valence-electron chi connectivity index (χ4n) is 3.72. The van der Waals surface area contributed by atoms with Gasteiger partial charge in [0.2, 0.25) is 5.91 Å². The molecule has 1 aromatic heterocycles. The molecule has 2 aromatic carbocycles. The summed E-state index contributed by atoms with van der Waals surface area (Å²) < 4.78 is 4.02. The summed E-state index contributed by atoms with van der Waals surface area (Å²) in [6.45, 7) is 6.21. The van der Waals surface area contributed by atoms with Crippen LogP contribution in [0.5, 0.6) is 0 Å². The van der Waals surface area contributed by atoms with Gasteiger partial charge in [-0.2, -0.15) is 0 Å². The highest BCUT2D eigenvalue weighted by atomic mass is 32.1. The molecule has 0 saturated heterocycles. The molecule has 3 aromatic rings. The Balaban J connectivity index is 1.80. The lowest BCUT2D eigenvalue weighted by Gasteiger charge is -2.32. The second-order valence-corrected chi connectivity index (χ2v) is 9.17. The minimum atomic E-state index is -0.738. The van der Waals surface area contributed by atoms with E-state index in [2.05, 4.69) is 14.9 Å². The number of benzene rings is 2. The zero-order chi connectivity index (χ0) is 21.3. The third-order valence-corrected chi connectivity index (χ3v) is 5.75. The molecule has 1 unspecified atom stereocenters. The molecule has 0 fully saturated rings. The number of rotatable bonds is 4. The summed E-state index contributed by atoms with van der Waals surface area (Å²) in [5.74, 6) is -0.459. The van der Waals surface area contributed by atoms with Crippen molar-refractivity contribution in [3.63, 3.8) is 0 Å². The lowest BCUT2D eigenvalue weighted by Crippen LogP contribution is -2.49. The van der Waals surface area contributed by atoms with Crippen molar-refractivity contribution < 1.29 is 9.59 Å². The quantitative estimate of drug-likeness (QED) is 0.695. The standard InChI is InChI=1S/C23H24N4O2S/c1-23(2,3)24-21(28)19-16-11-7-8-12-17(16)20-18(25-26-30-20)22(29)27(19)14-13-15-9-5-4-6-10-15/h4-12,19H,13-14H2,1-3H3,(H,24,28). The van der Waals surface area contributed by atoms with Gasteiger partial charge in [0.15, 0.2) is 5.69 Å². The van der Waals surface area contributed by atoms with Crippen LogP contribution in [-0.4, -0.2) is 38.4 Å². The summed E-state index contributed by atoms with van der Waals surface area (Å²) in [6, 6.07) is 16.9. The number of nitrogens with one attached hydrogen (secondary N) is 1. The summed E-state index contributed by atoms with van der Waals surface area (Å²) in [5, 5.41) is 7.18. The molecule has 0 spiro atoms. The highest BCUT2D eigenvalue weighted by molar-refractivity contribution is 7.09. The van der Waals surface area contributed by atoms with Gasteiger partial charge in [0, 0.05) is 17.6 Å². The van der Waals surface area contributed by atoms with Crippen LogP contribution in [0.2, 0.25) is 0 Å². The van der Waals surface area contributed by atoms with E-state index < -0.39 is 11.6 Å². The summed E-state index contributed by atoms with van der Waals surface area (Å²) in [4.78, 5) is 29.3. The Morgan fingerprint density at radius 2 is 1.80 bits per heavy atom. The molecule has 1 aliphatic heterocycles. The third-order valence-electron chi connectivity index (χ3n) is 4.99. The Morgan fingerprint density at radius 1 is 1.10 bits per heavy atom. The Bertz CT molecular complexity index is 1070. The van der Waals surface area contributed by atoms with Crippen LogP contribution in [0.3, 0.4) is 0 Å². The molecular formula is C23H24N4O2S. The monoisotopic (exact) mass is 420 g/mol. The van der Waals surface area contributed by atoms with E-state index in [1.165, 1.54) is 11.5 Å². The fraction of sp³-hybridized carbons (Fsp3) is 0.304. The van der Waals surface area contributed by atoms with Crippen LogP contribution in [0.15, 0.2) is 54.6 Å². The number of hydrogen-bond acceptors (Lipinski definition) is 5. The van der Waals surface area contributed by atoms with E-state index in [-0.39, 0.29) is 11.8 Å². The van der Waals surface area contributed by atoms with Crippen molar-refractivity contribution in [2.45, 2.75) is 38.8 Å². The Morgan fingerprint density at radius 3 is 2.53 bits per heavy atom. The first-order valence-electron chi connectivity index (χ1n) is 9.94. The molecule has 2 amide bonds. The summed E-state index contributed by atoms with van der Waals surface area (Å²) in [6.07, 6.45) is 0.640. The van der Waals surface area contributed by atoms with Crippen LogP contribution in [0.4, 0.5) is 0 Å². The second-order valence-electron chi connectivity index (χ2n) is 8.41. The van der Waals surface area contributed by atoms with E-state index in [4.69, 9.17) is 0 Å². The smallest absolute Gasteiger partial charge is 0.276 e. The number of amides is 2. The largest absolute Gasteiger partial charge is 0.349 e. The molecule has 1 N–H and O–H groups in total. The molecule has 154 valence electrons. The van der Waals surface area contributed by atoms with Crippen molar-refractivity contribution in [2.75, 3.05) is 6.54 Å². The molecule has 7 heteroatoms. The molecule has 2 heterocycles. The zero-order valence-corrected chi connectivity index (χ0v) is 18.1. The first-order valence-corrected chi connectivity index (χ1v) is 10.7. The van der Waals surface area contributed by atoms with Crippen molar-refractivity contribution in [3.05, 3.63) is 71.4 Å². The van der Waals surface area contributed by atoms with Gasteiger partial charge < -0.3 is 10.2 Å². The SMILES string of the molecule is CC(C)(C)NC(=O)C1c2ccccc2-c2snnc2C(=O)N1CCc1ccccc1. The maximum atomic E-state index is 13.5. The van der Waals surface area contributed by atoms with Gasteiger partial charge in [-0.05, 0) is 49.9 Å². The third kappa shape index (κ3) is 3.98. The van der Waals surface area contributed by atoms with Crippen LogP contribution in [0, 0.1) is 0 Å². The van der Waals surface area contributed by atoms with E-state index in [9.17, 15) is 9.59 Å². The van der Waals surface area contributed by atoms with Crippen molar-refractivity contribution in [2.24, 2.45) is 0 Å². The highest BCUT2D eigenvalue weighted by Gasteiger charge is 2.40. The molecule has 1 aliphatic rings. The predicted octanol–water partition coefficient (Wildman–Crippen LogP) is 3.86. The van der Waals surface area contributed by atoms with Crippen LogP contribution in [0.1, 0.15) is 48.4 Å². The normalized spacial score (nSPS) is 15.9. The number of carbonyl (C=O) groups excluding carboxylic acids is 2. The lowest BCUT2D eigenvalue weighted by atomic mass is 9.97. The molecule has 6 nitrogen and oxygen atoms in total. The molecule has 30 heavy (non-hydrogen) atoms. The van der Waals surface area contributed by atoms with Crippen LogP contribution >= 0.6 is 11.5 Å². The molecule has 0 bridgehead atoms. The molecular weight excluding hydrogens is 396 g/mol. The van der Waals surface area contributed by atoms with E-state index in [0.29, 0.717) is 23.5 Å². The number of nitrogens with zero attached hydrogens (tertiary/aromatic N) is 3. The average molecular weight is 421 g/mol. The van der Waals surface area contributed by atoms with Gasteiger partial charge in [-0.25, -0.2) is 0 Å². The summed E-state index contributed by atoms with van der Waals surface area (Å²) in [5.41, 5.74) is 2.63. The Labute approximate surface area is 180 Å². The minimum absolute atomic E-state index is 0.195. The summed E-state index contributed by atoms with van der Waals surface area (Å²) >= 11 is 1.19. The van der Waals surface area contributed by atoms with Gasteiger partial charge in [-0.3, -0.25) is 9.59 Å². The number of carbonyl (C=O) groups is 2. The van der Waals surface area contributed by atoms with E-state index in [0.717, 1.165) is 16.7 Å². The van der Waals surface area contributed by atoms with Crippen LogP contribution < -0.4 is 5.32 Å². The first-order chi connectivity index (χ1) is 14.3. The number of fused-ring (bicyclic) bond motifs is 3. The van der Waals surface area contributed by atoms with Crippen molar-refractivity contribution in [3.8, 4) is 10.4 Å². The average Bonchev–Trinajstić information content (AvgIpc) is 3.16. The predicted molar refractivity (Wildman–Crippen MR) is 117 cm³/mol. The molecule has 1 atom stereocenters. The Hall–Kier alpha value is -3.06. The van der Waals surface area contributed by atoms with Crippen molar-refractivity contribution >= 4 is 23.3 Å². The molecule has 0 radical (unpaired) electrons. The van der Waals surface area contributed by atoms with E-state index in [1.807, 2.05) is 75.4 Å². The second kappa shape index (κ2) is 7.99. The Kier molecular flexibility index (Phi) is 5.39. The first kappa shape index (κ1) is 20.2. The number of hydrogen-bond donors (Lipinski definition) is 1. The van der Waals surface area contributed by atoms with Gasteiger partial charge in [-0.1, -0.05) is 59.1 Å². The zero-order valence-electron chi connectivity index (χ0n) is 17.3. The van der Waals surface area contributed by atoms with Crippen LogP contribution in [-0.2, 0) is 11.2 Å². The van der Waals surface area contributed by atoms with Gasteiger partial charge in [0.1, 0.15) is 6.04 Å². The molecule has 0 aliphatic carbocycles. The van der Waals surface area contributed by atoms with Crippen LogP contribution in [0.25, 0.3) is 10.4 Å².